The minimum absolute atomic E-state index is 0.999. The molecule has 0 aromatic rings. The van der Waals surface area contributed by atoms with Gasteiger partial charge in [0.15, 0.2) is 0 Å². The Morgan fingerprint density at radius 3 is 1.62 bits per heavy atom. The van der Waals surface area contributed by atoms with E-state index in [0.717, 1.165) is 5.70 Å². The smallest absolute Gasteiger partial charge is 0.0340 e. The van der Waals surface area contributed by atoms with Crippen molar-refractivity contribution in [2.24, 2.45) is 0 Å². The van der Waals surface area contributed by atoms with Crippen molar-refractivity contribution in [2.75, 3.05) is 7.05 Å². The average Bonchev–Trinajstić information content (AvgIpc) is 2.03. The lowest BCUT2D eigenvalue weighted by atomic mass is 9.97. The first-order valence-corrected chi connectivity index (χ1v) is 4.60. The first-order chi connectivity index (χ1) is 5.91. The van der Waals surface area contributed by atoms with Gasteiger partial charge in [0, 0.05) is 12.7 Å². The second kappa shape index (κ2) is 4.90. The minimum Gasteiger partial charge on any atom is -0.388 e. The fraction of sp³-hybridized carbons (Fsp3) is 0.500. The van der Waals surface area contributed by atoms with Crippen LogP contribution in [0.3, 0.4) is 0 Å². The third-order valence-electron chi connectivity index (χ3n) is 2.23. The lowest BCUT2D eigenvalue weighted by molar-refractivity contribution is 0.990. The van der Waals surface area contributed by atoms with Crippen molar-refractivity contribution in [1.29, 1.82) is 0 Å². The van der Waals surface area contributed by atoms with Crippen LogP contribution in [-0.4, -0.2) is 7.05 Å². The van der Waals surface area contributed by atoms with Crippen LogP contribution in [0.2, 0.25) is 0 Å². The molecule has 0 aliphatic heterocycles. The Morgan fingerprint density at radius 1 is 0.923 bits per heavy atom. The molecule has 1 heteroatoms. The number of hydrogen-bond donors (Lipinski definition) is 1. The summed E-state index contributed by atoms with van der Waals surface area (Å²) in [5, 5.41) is 3.10. The molecular formula is C12H21N. The molecule has 0 fully saturated rings. The lowest BCUT2D eigenvalue weighted by Crippen LogP contribution is -2.09. The van der Waals surface area contributed by atoms with Gasteiger partial charge in [-0.3, -0.25) is 0 Å². The van der Waals surface area contributed by atoms with E-state index in [9.17, 15) is 0 Å². The van der Waals surface area contributed by atoms with Crippen molar-refractivity contribution in [3.8, 4) is 0 Å². The van der Waals surface area contributed by atoms with E-state index >= 15 is 0 Å². The molecule has 0 amide bonds. The van der Waals surface area contributed by atoms with Crippen LogP contribution in [-0.2, 0) is 0 Å². The number of rotatable bonds is 3. The number of nitrogens with one attached hydrogen (secondary N) is 1. The Kier molecular flexibility index (Phi) is 4.53. The van der Waals surface area contributed by atoms with E-state index in [0.29, 0.717) is 0 Å². The van der Waals surface area contributed by atoms with Crippen LogP contribution in [0.15, 0.2) is 34.6 Å². The first-order valence-electron chi connectivity index (χ1n) is 4.60. The summed E-state index contributed by atoms with van der Waals surface area (Å²) in [5.41, 5.74) is 6.21. The molecule has 1 N–H and O–H groups in total. The van der Waals surface area contributed by atoms with Gasteiger partial charge in [0.25, 0.3) is 0 Å². The lowest BCUT2D eigenvalue weighted by Gasteiger charge is -2.15. The van der Waals surface area contributed by atoms with Crippen molar-refractivity contribution in [2.45, 2.75) is 34.6 Å². The van der Waals surface area contributed by atoms with Crippen LogP contribution >= 0.6 is 0 Å². The quantitative estimate of drug-likeness (QED) is 0.655. The van der Waals surface area contributed by atoms with E-state index < -0.39 is 0 Å². The van der Waals surface area contributed by atoms with Gasteiger partial charge in [0.05, 0.1) is 0 Å². The largest absolute Gasteiger partial charge is 0.388 e. The second-order valence-electron chi connectivity index (χ2n) is 3.73. The topological polar surface area (TPSA) is 12.0 Å². The van der Waals surface area contributed by atoms with E-state index in [1.54, 1.807) is 0 Å². The highest BCUT2D eigenvalue weighted by Gasteiger charge is 2.06. The predicted molar refractivity (Wildman–Crippen MR) is 60.6 cm³/mol. The van der Waals surface area contributed by atoms with Gasteiger partial charge in [0.2, 0.25) is 0 Å². The van der Waals surface area contributed by atoms with Crippen LogP contribution < -0.4 is 5.32 Å². The van der Waals surface area contributed by atoms with E-state index in [4.69, 9.17) is 0 Å². The Labute approximate surface area is 82.2 Å². The maximum atomic E-state index is 4.00. The number of allylic oxidation sites excluding steroid dienone is 3. The molecule has 0 saturated carbocycles. The van der Waals surface area contributed by atoms with Crippen LogP contribution in [0.25, 0.3) is 0 Å². The summed E-state index contributed by atoms with van der Waals surface area (Å²) in [6, 6.07) is 0. The van der Waals surface area contributed by atoms with Crippen LogP contribution in [0, 0.1) is 0 Å². The molecule has 0 rings (SSSR count). The average molecular weight is 179 g/mol. The summed E-state index contributed by atoms with van der Waals surface area (Å²) >= 11 is 0. The van der Waals surface area contributed by atoms with Gasteiger partial charge < -0.3 is 5.32 Å². The SMILES string of the molecule is C=C(NC)C(=C(C)C)C(C)=C(C)C. The monoisotopic (exact) mass is 179 g/mol. The molecule has 74 valence electrons. The first kappa shape index (κ1) is 12.0. The minimum atomic E-state index is 0.999. The maximum Gasteiger partial charge on any atom is 0.0340 e. The number of likely N-dealkylation sites (N-methyl/N-ethyl adjacent to an activating group) is 1. The summed E-state index contributed by atoms with van der Waals surface area (Å²) in [5.74, 6) is 0. The fourth-order valence-electron chi connectivity index (χ4n) is 1.28. The molecule has 0 aromatic carbocycles. The highest BCUT2D eigenvalue weighted by molar-refractivity contribution is 5.47. The van der Waals surface area contributed by atoms with Gasteiger partial charge >= 0.3 is 0 Å². The van der Waals surface area contributed by atoms with E-state index in [2.05, 4.69) is 46.5 Å². The highest BCUT2D eigenvalue weighted by Crippen LogP contribution is 2.22. The molecule has 0 radical (unpaired) electrons. The van der Waals surface area contributed by atoms with Crippen molar-refractivity contribution >= 4 is 0 Å². The van der Waals surface area contributed by atoms with Gasteiger partial charge in [-0.05, 0) is 45.8 Å². The third kappa shape index (κ3) is 3.10. The molecule has 0 aliphatic rings. The molecule has 0 aromatic heterocycles. The Balaban J connectivity index is 5.22. The Morgan fingerprint density at radius 2 is 1.38 bits per heavy atom. The van der Waals surface area contributed by atoms with Gasteiger partial charge in [-0.2, -0.15) is 0 Å². The zero-order valence-corrected chi connectivity index (χ0v) is 9.71. The molecule has 0 aliphatic carbocycles. The molecule has 0 bridgehead atoms. The summed E-state index contributed by atoms with van der Waals surface area (Å²) in [6.07, 6.45) is 0. The van der Waals surface area contributed by atoms with Gasteiger partial charge in [-0.25, -0.2) is 0 Å². The normalized spacial score (nSPS) is 9.08. The van der Waals surface area contributed by atoms with Crippen molar-refractivity contribution in [3.05, 3.63) is 34.6 Å². The van der Waals surface area contributed by atoms with E-state index in [-0.39, 0.29) is 0 Å². The second-order valence-corrected chi connectivity index (χ2v) is 3.73. The summed E-state index contributed by atoms with van der Waals surface area (Å²) in [6.45, 7) is 14.6. The molecule has 0 saturated heterocycles. The van der Waals surface area contributed by atoms with Crippen molar-refractivity contribution in [1.82, 2.24) is 5.32 Å². The zero-order valence-electron chi connectivity index (χ0n) is 9.71. The van der Waals surface area contributed by atoms with E-state index in [1.165, 1.54) is 22.3 Å². The van der Waals surface area contributed by atoms with Crippen LogP contribution in [0.4, 0.5) is 0 Å². The summed E-state index contributed by atoms with van der Waals surface area (Å²) in [4.78, 5) is 0. The van der Waals surface area contributed by atoms with Crippen molar-refractivity contribution in [3.63, 3.8) is 0 Å². The molecule has 0 unspecified atom stereocenters. The summed E-state index contributed by atoms with van der Waals surface area (Å²) in [7, 11) is 1.91. The van der Waals surface area contributed by atoms with Crippen LogP contribution in [0.1, 0.15) is 34.6 Å². The van der Waals surface area contributed by atoms with Crippen molar-refractivity contribution < 1.29 is 0 Å². The van der Waals surface area contributed by atoms with Crippen LogP contribution in [0.5, 0.6) is 0 Å². The third-order valence-corrected chi connectivity index (χ3v) is 2.23. The molecule has 0 heterocycles. The van der Waals surface area contributed by atoms with Gasteiger partial charge in [-0.15, -0.1) is 0 Å². The van der Waals surface area contributed by atoms with Gasteiger partial charge in [0.1, 0.15) is 0 Å². The fourth-order valence-corrected chi connectivity index (χ4v) is 1.28. The summed E-state index contributed by atoms with van der Waals surface area (Å²) < 4.78 is 0. The van der Waals surface area contributed by atoms with E-state index in [1.807, 2.05) is 7.05 Å². The molecular weight excluding hydrogens is 158 g/mol. The molecule has 0 atom stereocenters. The maximum absolute atomic E-state index is 4.00. The highest BCUT2D eigenvalue weighted by atomic mass is 14.8. The van der Waals surface area contributed by atoms with Gasteiger partial charge in [-0.1, -0.05) is 17.7 Å². The molecule has 1 nitrogen and oxygen atoms in total. The standard InChI is InChI=1S/C12H21N/c1-8(2)10(5)12(9(3)4)11(6)13-7/h13H,6H2,1-5,7H3. The number of hydrogen-bond acceptors (Lipinski definition) is 1. The Bertz CT molecular complexity index is 259. The Hall–Kier alpha value is -0.980. The molecule has 13 heavy (non-hydrogen) atoms. The molecule has 0 spiro atoms. The zero-order chi connectivity index (χ0) is 10.6. The predicted octanol–water partition coefficient (Wildman–Crippen LogP) is 3.41.